The van der Waals surface area contributed by atoms with Crippen molar-refractivity contribution in [2.75, 3.05) is 47.4 Å². The Bertz CT molecular complexity index is 2360. The number of aromatic nitrogens is 8. The SMILES string of the molecule is Cc1ccc(NC(=O)NCCc2cnc[nH]2)cc1.Cc1ccc(NC(=O)NCCc2cnc[nH]2)cc1.Cc1ccc(NC(=O)NCCc2cnc[nH]2)cc1.Cc1ccc(NC(=O)NCCc2cnc[nH]2)cc1.[Cl-].[Cl-].[Cu+2]. The summed E-state index contributed by atoms with van der Waals surface area (Å²) in [5.74, 6) is 0. The van der Waals surface area contributed by atoms with Crippen LogP contribution in [-0.4, -0.2) is 90.2 Å². The zero-order chi connectivity index (χ0) is 51.2. The molecule has 8 rings (SSSR count). The molecule has 23 heteroatoms. The van der Waals surface area contributed by atoms with Crippen LogP contribution in [0.2, 0.25) is 0 Å². The molecular formula is C52H64Cl2CuN16O4. The first-order chi connectivity index (χ1) is 34.9. The van der Waals surface area contributed by atoms with Crippen molar-refractivity contribution in [3.05, 3.63) is 192 Å². The Morgan fingerprint density at radius 3 is 0.693 bits per heavy atom. The van der Waals surface area contributed by atoms with Crippen LogP contribution in [0.15, 0.2) is 147 Å². The van der Waals surface area contributed by atoms with Gasteiger partial charge in [0.25, 0.3) is 0 Å². The van der Waals surface area contributed by atoms with Crippen LogP contribution in [0.3, 0.4) is 0 Å². The molecule has 0 spiro atoms. The van der Waals surface area contributed by atoms with Gasteiger partial charge in [0.15, 0.2) is 0 Å². The van der Waals surface area contributed by atoms with Gasteiger partial charge in [0.05, 0.1) is 25.3 Å². The molecule has 0 aliphatic heterocycles. The van der Waals surface area contributed by atoms with Gasteiger partial charge in [-0.2, -0.15) is 0 Å². The molecule has 8 amide bonds. The molecule has 20 nitrogen and oxygen atoms in total. The molecule has 1 radical (unpaired) electrons. The monoisotopic (exact) mass is 1110 g/mol. The van der Waals surface area contributed by atoms with Gasteiger partial charge in [-0.1, -0.05) is 70.8 Å². The predicted octanol–water partition coefficient (Wildman–Crippen LogP) is 2.33. The molecule has 4 heterocycles. The van der Waals surface area contributed by atoms with Crippen LogP contribution in [0.25, 0.3) is 0 Å². The molecule has 4 aromatic heterocycles. The minimum absolute atomic E-state index is 0. The van der Waals surface area contributed by atoms with Crippen LogP contribution >= 0.6 is 0 Å². The number of carbonyl (C=O) groups excluding carboxylic acids is 4. The normalized spacial score (nSPS) is 9.65. The maximum Gasteiger partial charge on any atom is 2.00 e. The van der Waals surface area contributed by atoms with Crippen molar-refractivity contribution in [3.63, 3.8) is 0 Å². The molecule has 8 aromatic rings. The molecule has 0 saturated heterocycles. The van der Waals surface area contributed by atoms with Gasteiger partial charge in [-0.3, -0.25) is 0 Å². The van der Waals surface area contributed by atoms with Crippen molar-refractivity contribution in [2.24, 2.45) is 0 Å². The summed E-state index contributed by atoms with van der Waals surface area (Å²) < 4.78 is 0. The van der Waals surface area contributed by atoms with Gasteiger partial charge in [0.1, 0.15) is 0 Å². The number of hydrogen-bond donors (Lipinski definition) is 12. The van der Waals surface area contributed by atoms with Crippen LogP contribution in [0, 0.1) is 27.7 Å². The summed E-state index contributed by atoms with van der Waals surface area (Å²) in [4.78, 5) is 73.9. The minimum atomic E-state index is -0.196. The van der Waals surface area contributed by atoms with E-state index in [-0.39, 0.29) is 66.0 Å². The molecule has 4 aromatic carbocycles. The molecular weight excluding hydrogens is 1050 g/mol. The summed E-state index contributed by atoms with van der Waals surface area (Å²) in [5, 5.41) is 22.2. The average molecular weight is 1110 g/mol. The van der Waals surface area contributed by atoms with Crippen molar-refractivity contribution in [2.45, 2.75) is 53.4 Å². The fourth-order valence-electron chi connectivity index (χ4n) is 6.18. The third kappa shape index (κ3) is 27.0. The van der Waals surface area contributed by atoms with E-state index < -0.39 is 0 Å². The van der Waals surface area contributed by atoms with Gasteiger partial charge < -0.3 is 87.3 Å². The molecule has 0 atom stereocenters. The number of anilines is 4. The van der Waals surface area contributed by atoms with Crippen LogP contribution in [0.4, 0.5) is 41.9 Å². The molecule has 0 fully saturated rings. The van der Waals surface area contributed by atoms with E-state index in [1.54, 1.807) is 50.1 Å². The van der Waals surface area contributed by atoms with Crippen molar-refractivity contribution in [1.29, 1.82) is 0 Å². The number of H-pyrrole nitrogens is 4. The number of amides is 8. The molecule has 401 valence electrons. The first kappa shape index (κ1) is 63.0. The molecule has 0 saturated carbocycles. The Labute approximate surface area is 459 Å². The number of aromatic amines is 4. The first-order valence-corrected chi connectivity index (χ1v) is 23.3. The molecule has 0 unspecified atom stereocenters. The van der Waals surface area contributed by atoms with E-state index in [2.05, 4.69) is 82.4 Å². The summed E-state index contributed by atoms with van der Waals surface area (Å²) >= 11 is 0. The summed E-state index contributed by atoms with van der Waals surface area (Å²) in [6.45, 7) is 10.3. The third-order valence-electron chi connectivity index (χ3n) is 10.2. The molecule has 0 aliphatic rings. The van der Waals surface area contributed by atoms with Gasteiger partial charge in [0.2, 0.25) is 0 Å². The fraction of sp³-hybridized carbons (Fsp3) is 0.231. The van der Waals surface area contributed by atoms with E-state index >= 15 is 0 Å². The largest absolute Gasteiger partial charge is 2.00 e. The van der Waals surface area contributed by atoms with Crippen LogP contribution in [0.1, 0.15) is 45.0 Å². The van der Waals surface area contributed by atoms with Gasteiger partial charge in [-0.25, -0.2) is 39.1 Å². The standard InChI is InChI=1S/4C13H16N4O.2ClH.Cu/c4*1-10-2-4-11(5-3-10)17-13(18)15-7-6-12-8-14-9-16-12;;;/h4*2-5,8-9H,6-7H2,1H3,(H,14,16)(H2,15,17,18);2*1H;/q;;;;;;+2/p-2. The maximum atomic E-state index is 11.6. The second kappa shape index (κ2) is 35.9. The third-order valence-corrected chi connectivity index (χ3v) is 10.2. The van der Waals surface area contributed by atoms with Crippen LogP contribution in [-0.2, 0) is 42.8 Å². The van der Waals surface area contributed by atoms with E-state index in [9.17, 15) is 19.2 Å². The summed E-state index contributed by atoms with van der Waals surface area (Å²) in [6.07, 6.45) is 16.5. The molecule has 0 aliphatic carbocycles. The summed E-state index contributed by atoms with van der Waals surface area (Å²) in [6, 6.07) is 29.9. The predicted molar refractivity (Wildman–Crippen MR) is 282 cm³/mol. The number of nitrogens with zero attached hydrogens (tertiary/aromatic N) is 4. The zero-order valence-electron chi connectivity index (χ0n) is 42.0. The summed E-state index contributed by atoms with van der Waals surface area (Å²) in [7, 11) is 0. The van der Waals surface area contributed by atoms with Gasteiger partial charge in [-0.15, -0.1) is 0 Å². The molecule has 12 N–H and O–H groups in total. The van der Waals surface area contributed by atoms with Gasteiger partial charge >= 0.3 is 41.2 Å². The Balaban J connectivity index is 0.000000338. The van der Waals surface area contributed by atoms with E-state index in [1.807, 2.05) is 125 Å². The number of carbonyl (C=O) groups is 4. The Morgan fingerprint density at radius 2 is 0.533 bits per heavy atom. The second-order valence-corrected chi connectivity index (χ2v) is 16.3. The van der Waals surface area contributed by atoms with Crippen molar-refractivity contribution in [3.8, 4) is 0 Å². The number of aryl methyl sites for hydroxylation is 4. The maximum absolute atomic E-state index is 11.6. The topological polar surface area (TPSA) is 279 Å². The Morgan fingerprint density at radius 1 is 0.347 bits per heavy atom. The zero-order valence-corrected chi connectivity index (χ0v) is 44.4. The van der Waals surface area contributed by atoms with Crippen molar-refractivity contribution >= 4 is 46.9 Å². The molecule has 0 bridgehead atoms. The average Bonchev–Trinajstić information content (AvgIpc) is 4.24. The number of imidazole rings is 4. The van der Waals surface area contributed by atoms with E-state index in [0.717, 1.165) is 71.2 Å². The first-order valence-electron chi connectivity index (χ1n) is 23.3. The van der Waals surface area contributed by atoms with Crippen LogP contribution < -0.4 is 67.3 Å². The van der Waals surface area contributed by atoms with Crippen LogP contribution in [0.5, 0.6) is 0 Å². The van der Waals surface area contributed by atoms with E-state index in [4.69, 9.17) is 0 Å². The summed E-state index contributed by atoms with van der Waals surface area (Å²) in [5.41, 5.74) is 11.9. The number of urea groups is 4. The number of benzene rings is 4. The Hall–Kier alpha value is -8.10. The van der Waals surface area contributed by atoms with E-state index in [0.29, 0.717) is 26.2 Å². The Kier molecular flexibility index (Phi) is 30.2. The number of hydrogen-bond acceptors (Lipinski definition) is 8. The minimum Gasteiger partial charge on any atom is -1.00 e. The number of halogens is 2. The van der Waals surface area contributed by atoms with Gasteiger partial charge in [-0.05, 0) is 76.2 Å². The number of nitrogens with one attached hydrogen (secondary N) is 12. The number of rotatable bonds is 16. The second-order valence-electron chi connectivity index (χ2n) is 16.3. The van der Waals surface area contributed by atoms with Gasteiger partial charge in [0, 0.05) is 122 Å². The smallest absolute Gasteiger partial charge is 1.00 e. The molecule has 75 heavy (non-hydrogen) atoms. The van der Waals surface area contributed by atoms with Crippen molar-refractivity contribution in [1.82, 2.24) is 61.1 Å². The quantitative estimate of drug-likeness (QED) is 0.0637. The van der Waals surface area contributed by atoms with Crippen molar-refractivity contribution < 1.29 is 61.1 Å². The van der Waals surface area contributed by atoms with E-state index in [1.165, 1.54) is 22.3 Å². The fourth-order valence-corrected chi connectivity index (χ4v) is 6.18.